The van der Waals surface area contributed by atoms with Crippen molar-refractivity contribution in [3.63, 3.8) is 0 Å². The van der Waals surface area contributed by atoms with Gasteiger partial charge in [0.05, 0.1) is 11.4 Å². The molecule has 0 bridgehead atoms. The van der Waals surface area contributed by atoms with E-state index < -0.39 is 0 Å². The van der Waals surface area contributed by atoms with Gasteiger partial charge in [-0.05, 0) is 49.1 Å². The molecule has 0 spiro atoms. The first-order chi connectivity index (χ1) is 11.2. The highest BCUT2D eigenvalue weighted by Crippen LogP contribution is 2.37. The number of nitrogens with two attached hydrogens (primary N) is 1. The quantitative estimate of drug-likeness (QED) is 0.886. The Kier molecular flexibility index (Phi) is 3.45. The Balaban J connectivity index is 1.65. The third kappa shape index (κ3) is 2.77. The molecule has 2 aromatic carbocycles. The van der Waals surface area contributed by atoms with Gasteiger partial charge in [0.2, 0.25) is 0 Å². The van der Waals surface area contributed by atoms with Gasteiger partial charge >= 0.3 is 0 Å². The molecule has 1 aliphatic carbocycles. The Labute approximate surface area is 136 Å². The summed E-state index contributed by atoms with van der Waals surface area (Å²) in [5.74, 6) is 0.857. The topological polar surface area (TPSA) is 49.6 Å². The van der Waals surface area contributed by atoms with Crippen LogP contribution in [0.4, 0.5) is 17.1 Å². The van der Waals surface area contributed by atoms with Crippen molar-refractivity contribution < 1.29 is 4.79 Å². The van der Waals surface area contributed by atoms with E-state index >= 15 is 0 Å². The molecule has 2 N–H and O–H groups in total. The molecule has 0 atom stereocenters. The Bertz CT molecular complexity index is 739. The maximum absolute atomic E-state index is 12.9. The lowest BCUT2D eigenvalue weighted by molar-refractivity contribution is 0.0986. The van der Waals surface area contributed by atoms with Crippen LogP contribution in [-0.2, 0) is 0 Å². The highest BCUT2D eigenvalue weighted by atomic mass is 16.2. The molecule has 0 radical (unpaired) electrons. The molecule has 4 rings (SSSR count). The number of hydrogen-bond donors (Lipinski definition) is 1. The van der Waals surface area contributed by atoms with Gasteiger partial charge in [-0.25, -0.2) is 0 Å². The number of carbonyl (C=O) groups excluding carboxylic acids is 1. The molecule has 4 heteroatoms. The fraction of sp³-hybridized carbons (Fsp3) is 0.316. The molecule has 1 fully saturated rings. The molecule has 1 aliphatic heterocycles. The van der Waals surface area contributed by atoms with Gasteiger partial charge in [-0.3, -0.25) is 4.79 Å². The third-order valence-corrected chi connectivity index (χ3v) is 4.66. The Hall–Kier alpha value is -2.49. The second-order valence-corrected chi connectivity index (χ2v) is 6.46. The van der Waals surface area contributed by atoms with E-state index in [-0.39, 0.29) is 5.91 Å². The van der Waals surface area contributed by atoms with E-state index in [4.69, 9.17) is 5.73 Å². The molecule has 23 heavy (non-hydrogen) atoms. The van der Waals surface area contributed by atoms with Crippen LogP contribution in [0.2, 0.25) is 0 Å². The predicted molar refractivity (Wildman–Crippen MR) is 93.9 cm³/mol. The van der Waals surface area contributed by atoms with Crippen LogP contribution in [0.3, 0.4) is 0 Å². The molecular formula is C19H21N3O. The zero-order chi connectivity index (χ0) is 15.8. The summed E-state index contributed by atoms with van der Waals surface area (Å²) in [5.41, 5.74) is 9.27. The smallest absolute Gasteiger partial charge is 0.258 e. The summed E-state index contributed by atoms with van der Waals surface area (Å²) in [4.78, 5) is 17.2. The van der Waals surface area contributed by atoms with E-state index in [1.165, 1.54) is 18.5 Å². The minimum absolute atomic E-state index is 0.0239. The number of nitrogen functional groups attached to an aromatic ring is 1. The maximum atomic E-state index is 12.9. The molecule has 0 aromatic heterocycles. The number of nitrogens with zero attached hydrogens (tertiary/aromatic N) is 2. The average Bonchev–Trinajstić information content (AvgIpc) is 3.39. The van der Waals surface area contributed by atoms with Crippen molar-refractivity contribution in [2.45, 2.75) is 12.8 Å². The molecule has 2 aromatic rings. The van der Waals surface area contributed by atoms with Crippen LogP contribution in [0, 0.1) is 5.92 Å². The lowest BCUT2D eigenvalue weighted by Gasteiger charge is -2.38. The van der Waals surface area contributed by atoms with Gasteiger partial charge in [0.15, 0.2) is 0 Å². The zero-order valence-electron chi connectivity index (χ0n) is 13.1. The fourth-order valence-electron chi connectivity index (χ4n) is 3.26. The van der Waals surface area contributed by atoms with E-state index in [9.17, 15) is 4.79 Å². The van der Waals surface area contributed by atoms with Crippen molar-refractivity contribution in [1.82, 2.24) is 0 Å². The predicted octanol–water partition coefficient (Wildman–Crippen LogP) is 3.15. The van der Waals surface area contributed by atoms with Gasteiger partial charge < -0.3 is 15.5 Å². The van der Waals surface area contributed by atoms with Crippen molar-refractivity contribution in [1.29, 1.82) is 0 Å². The van der Waals surface area contributed by atoms with Crippen molar-refractivity contribution in [2.24, 2.45) is 5.92 Å². The first-order valence-corrected chi connectivity index (χ1v) is 8.24. The molecule has 4 nitrogen and oxygen atoms in total. The second kappa shape index (κ2) is 5.61. The monoisotopic (exact) mass is 307 g/mol. The van der Waals surface area contributed by atoms with Crippen LogP contribution in [0.5, 0.6) is 0 Å². The van der Waals surface area contributed by atoms with Crippen molar-refractivity contribution in [3.8, 4) is 0 Å². The summed E-state index contributed by atoms with van der Waals surface area (Å²) in [6.45, 7) is 2.72. The lowest BCUT2D eigenvalue weighted by Crippen LogP contribution is -2.44. The van der Waals surface area contributed by atoms with E-state index in [1.54, 1.807) is 12.1 Å². The standard InChI is InChI=1S/C19H21N3O/c20-16-5-3-4-15(12-16)19(23)22-11-10-21(13-14-8-9-14)17-6-1-2-7-18(17)22/h1-7,12,14H,8-11,13,20H2. The van der Waals surface area contributed by atoms with Crippen molar-refractivity contribution in [3.05, 3.63) is 54.1 Å². The first-order valence-electron chi connectivity index (χ1n) is 8.24. The molecule has 2 aliphatic rings. The zero-order valence-corrected chi connectivity index (χ0v) is 13.1. The summed E-state index contributed by atoms with van der Waals surface area (Å²) in [6, 6.07) is 15.4. The number of carbonyl (C=O) groups is 1. The molecule has 118 valence electrons. The van der Waals surface area contributed by atoms with Gasteiger partial charge in [-0.2, -0.15) is 0 Å². The van der Waals surface area contributed by atoms with Crippen LogP contribution in [0.1, 0.15) is 23.2 Å². The molecule has 1 saturated carbocycles. The molecule has 0 unspecified atom stereocenters. The van der Waals surface area contributed by atoms with Crippen LogP contribution in [0.15, 0.2) is 48.5 Å². The summed E-state index contributed by atoms with van der Waals surface area (Å²) >= 11 is 0. The third-order valence-electron chi connectivity index (χ3n) is 4.66. The van der Waals surface area contributed by atoms with Crippen LogP contribution >= 0.6 is 0 Å². The normalized spacial score (nSPS) is 17.0. The van der Waals surface area contributed by atoms with E-state index in [1.807, 2.05) is 35.2 Å². The number of benzene rings is 2. The highest BCUT2D eigenvalue weighted by Gasteiger charge is 2.31. The van der Waals surface area contributed by atoms with E-state index in [0.29, 0.717) is 11.3 Å². The van der Waals surface area contributed by atoms with E-state index in [0.717, 1.165) is 31.2 Å². The van der Waals surface area contributed by atoms with Crippen LogP contribution in [0.25, 0.3) is 0 Å². The van der Waals surface area contributed by atoms with Gasteiger partial charge in [0.25, 0.3) is 5.91 Å². The van der Waals surface area contributed by atoms with Crippen molar-refractivity contribution in [2.75, 3.05) is 35.2 Å². The van der Waals surface area contributed by atoms with Gasteiger partial charge in [0, 0.05) is 30.9 Å². The average molecular weight is 307 g/mol. The molecule has 1 heterocycles. The first kappa shape index (κ1) is 14.1. The Morgan fingerprint density at radius 2 is 1.83 bits per heavy atom. The Morgan fingerprint density at radius 3 is 2.57 bits per heavy atom. The van der Waals surface area contributed by atoms with Gasteiger partial charge in [-0.15, -0.1) is 0 Å². The minimum Gasteiger partial charge on any atom is -0.399 e. The van der Waals surface area contributed by atoms with Crippen LogP contribution < -0.4 is 15.5 Å². The summed E-state index contributed by atoms with van der Waals surface area (Å²) in [7, 11) is 0. The number of fused-ring (bicyclic) bond motifs is 1. The van der Waals surface area contributed by atoms with E-state index in [2.05, 4.69) is 11.0 Å². The minimum atomic E-state index is 0.0239. The highest BCUT2D eigenvalue weighted by molar-refractivity contribution is 6.08. The second-order valence-electron chi connectivity index (χ2n) is 6.46. The summed E-state index contributed by atoms with van der Waals surface area (Å²) < 4.78 is 0. The van der Waals surface area contributed by atoms with Gasteiger partial charge in [-0.1, -0.05) is 18.2 Å². The summed E-state index contributed by atoms with van der Waals surface area (Å²) in [5, 5.41) is 0. The number of hydrogen-bond acceptors (Lipinski definition) is 3. The summed E-state index contributed by atoms with van der Waals surface area (Å²) in [6.07, 6.45) is 2.68. The van der Waals surface area contributed by atoms with Gasteiger partial charge in [0.1, 0.15) is 0 Å². The lowest BCUT2D eigenvalue weighted by atomic mass is 10.1. The molecule has 0 saturated heterocycles. The van der Waals surface area contributed by atoms with Crippen molar-refractivity contribution >= 4 is 23.0 Å². The van der Waals surface area contributed by atoms with Crippen LogP contribution in [-0.4, -0.2) is 25.5 Å². The fourth-order valence-corrected chi connectivity index (χ4v) is 3.26. The SMILES string of the molecule is Nc1cccc(C(=O)N2CCN(CC3CC3)c3ccccc32)c1. The number of amides is 1. The molecular weight excluding hydrogens is 286 g/mol. The number of para-hydroxylation sites is 2. The largest absolute Gasteiger partial charge is 0.399 e. The Morgan fingerprint density at radius 1 is 1.04 bits per heavy atom. The number of rotatable bonds is 3. The molecule has 1 amide bonds. The number of anilines is 3. The maximum Gasteiger partial charge on any atom is 0.258 e.